The van der Waals surface area contributed by atoms with Crippen LogP contribution in [0.15, 0.2) is 12.1 Å². The van der Waals surface area contributed by atoms with E-state index < -0.39 is 0 Å². The Bertz CT molecular complexity index is 338. The molecule has 1 N–H and O–H groups in total. The van der Waals surface area contributed by atoms with E-state index in [-0.39, 0.29) is 0 Å². The minimum absolute atomic E-state index is 1.15. The Kier molecular flexibility index (Phi) is 1.50. The molecule has 0 aromatic carbocycles. The van der Waals surface area contributed by atoms with E-state index in [4.69, 9.17) is 0 Å². The van der Waals surface area contributed by atoms with E-state index in [0.717, 1.165) is 6.42 Å². The van der Waals surface area contributed by atoms with Crippen molar-refractivity contribution in [2.75, 3.05) is 0 Å². The second kappa shape index (κ2) is 2.38. The number of aromatic nitrogens is 1. The van der Waals surface area contributed by atoms with Crippen molar-refractivity contribution in [2.45, 2.75) is 20.3 Å². The van der Waals surface area contributed by atoms with Crippen LogP contribution in [0.25, 0.3) is 10.2 Å². The molecule has 11 heavy (non-hydrogen) atoms. The summed E-state index contributed by atoms with van der Waals surface area (Å²) in [6.07, 6.45) is 1.15. The Balaban J connectivity index is 2.64. The van der Waals surface area contributed by atoms with Crippen molar-refractivity contribution in [3.05, 3.63) is 22.7 Å². The minimum Gasteiger partial charge on any atom is -0.350 e. The number of aromatic amines is 1. The van der Waals surface area contributed by atoms with Crippen LogP contribution in [0.3, 0.4) is 0 Å². The number of fused-ring (bicyclic) bond motifs is 1. The molecule has 1 nitrogen and oxygen atoms in total. The van der Waals surface area contributed by atoms with E-state index in [1.165, 1.54) is 20.8 Å². The zero-order valence-corrected chi connectivity index (χ0v) is 7.59. The van der Waals surface area contributed by atoms with Gasteiger partial charge in [-0.2, -0.15) is 0 Å². The fourth-order valence-electron chi connectivity index (χ4n) is 1.29. The molecule has 2 aromatic rings. The fourth-order valence-corrected chi connectivity index (χ4v) is 2.33. The van der Waals surface area contributed by atoms with Crippen molar-refractivity contribution in [1.82, 2.24) is 4.98 Å². The first-order chi connectivity index (χ1) is 5.29. The van der Waals surface area contributed by atoms with Gasteiger partial charge in [-0.25, -0.2) is 0 Å². The van der Waals surface area contributed by atoms with E-state index in [9.17, 15) is 0 Å². The normalized spacial score (nSPS) is 11.1. The van der Waals surface area contributed by atoms with Crippen molar-refractivity contribution in [3.8, 4) is 0 Å². The van der Waals surface area contributed by atoms with Crippen LogP contribution < -0.4 is 0 Å². The first kappa shape index (κ1) is 6.92. The Morgan fingerprint density at radius 2 is 2.27 bits per heavy atom. The number of H-pyrrole nitrogens is 1. The molecule has 0 aliphatic carbocycles. The van der Waals surface area contributed by atoms with Crippen molar-refractivity contribution in [1.29, 1.82) is 0 Å². The first-order valence-corrected chi connectivity index (χ1v) is 4.69. The van der Waals surface area contributed by atoms with Crippen LogP contribution in [0.2, 0.25) is 0 Å². The van der Waals surface area contributed by atoms with Crippen molar-refractivity contribution in [3.63, 3.8) is 0 Å². The number of hydrogen-bond acceptors (Lipinski definition) is 1. The second-order valence-corrected chi connectivity index (χ2v) is 3.94. The van der Waals surface area contributed by atoms with Gasteiger partial charge in [0, 0.05) is 16.0 Å². The predicted octanol–water partition coefficient (Wildman–Crippen LogP) is 3.10. The highest BCUT2D eigenvalue weighted by molar-refractivity contribution is 7.18. The maximum atomic E-state index is 3.33. The molecule has 0 unspecified atom stereocenters. The van der Waals surface area contributed by atoms with Gasteiger partial charge in [-0.3, -0.25) is 0 Å². The summed E-state index contributed by atoms with van der Waals surface area (Å²) in [4.78, 5) is 6.11. The highest BCUT2D eigenvalue weighted by Gasteiger charge is 2.01. The summed E-state index contributed by atoms with van der Waals surface area (Å²) in [5.74, 6) is 0. The largest absolute Gasteiger partial charge is 0.350 e. The van der Waals surface area contributed by atoms with Crippen LogP contribution >= 0.6 is 11.3 Å². The summed E-state index contributed by atoms with van der Waals surface area (Å²) in [5.41, 5.74) is 1.26. The molecule has 2 heterocycles. The van der Waals surface area contributed by atoms with Gasteiger partial charge in [-0.15, -0.1) is 11.3 Å². The third-order valence-corrected chi connectivity index (χ3v) is 3.05. The molecule has 0 radical (unpaired) electrons. The molecule has 0 spiro atoms. The van der Waals surface area contributed by atoms with Crippen LogP contribution in [0, 0.1) is 6.92 Å². The maximum absolute atomic E-state index is 3.33. The molecule has 0 aliphatic heterocycles. The monoisotopic (exact) mass is 165 g/mol. The lowest BCUT2D eigenvalue weighted by Crippen LogP contribution is -1.67. The second-order valence-electron chi connectivity index (χ2n) is 2.80. The molecular weight excluding hydrogens is 154 g/mol. The molecule has 0 bridgehead atoms. The molecule has 2 aromatic heterocycles. The number of hydrogen-bond donors (Lipinski definition) is 1. The highest BCUT2D eigenvalue weighted by atomic mass is 32.1. The van der Waals surface area contributed by atoms with E-state index in [2.05, 4.69) is 31.0 Å². The minimum atomic E-state index is 1.15. The standard InChI is InChI=1S/C9H11NS/c1-3-8-5-7-4-6(2)10-9(7)11-8/h4-5,10H,3H2,1-2H3. The van der Waals surface area contributed by atoms with Gasteiger partial charge in [-0.1, -0.05) is 6.92 Å². The number of nitrogens with one attached hydrogen (secondary N) is 1. The lowest BCUT2D eigenvalue weighted by atomic mass is 10.3. The molecule has 0 saturated heterocycles. The summed E-state index contributed by atoms with van der Waals surface area (Å²) >= 11 is 1.86. The van der Waals surface area contributed by atoms with Gasteiger partial charge >= 0.3 is 0 Å². The Labute approximate surface area is 70.1 Å². The maximum Gasteiger partial charge on any atom is 0.100 e. The third kappa shape index (κ3) is 1.07. The highest BCUT2D eigenvalue weighted by Crippen LogP contribution is 2.25. The van der Waals surface area contributed by atoms with Crippen molar-refractivity contribution >= 4 is 21.6 Å². The molecule has 58 valence electrons. The lowest BCUT2D eigenvalue weighted by Gasteiger charge is -1.82. The Hall–Kier alpha value is -0.760. The summed E-state index contributed by atoms with van der Waals surface area (Å²) in [7, 11) is 0. The van der Waals surface area contributed by atoms with Crippen LogP contribution in [-0.2, 0) is 6.42 Å². The zero-order chi connectivity index (χ0) is 7.84. The van der Waals surface area contributed by atoms with Gasteiger partial charge in [0.15, 0.2) is 0 Å². The smallest absolute Gasteiger partial charge is 0.100 e. The first-order valence-electron chi connectivity index (χ1n) is 3.87. The topological polar surface area (TPSA) is 15.8 Å². The Morgan fingerprint density at radius 1 is 1.45 bits per heavy atom. The number of thiophene rings is 1. The molecule has 0 atom stereocenters. The number of aryl methyl sites for hydroxylation is 2. The quantitative estimate of drug-likeness (QED) is 0.668. The SMILES string of the molecule is CCc1cc2cc(C)[nH]c2s1. The fraction of sp³-hybridized carbons (Fsp3) is 0.333. The molecule has 0 fully saturated rings. The van der Waals surface area contributed by atoms with Crippen LogP contribution in [0.5, 0.6) is 0 Å². The molecule has 2 heteroatoms. The van der Waals surface area contributed by atoms with E-state index in [1.54, 1.807) is 0 Å². The average Bonchev–Trinajstić information content (AvgIpc) is 2.43. The van der Waals surface area contributed by atoms with Gasteiger partial charge in [0.2, 0.25) is 0 Å². The molecule has 2 rings (SSSR count). The molecule has 0 saturated carbocycles. The van der Waals surface area contributed by atoms with Gasteiger partial charge in [-0.05, 0) is 25.5 Å². The third-order valence-electron chi connectivity index (χ3n) is 1.84. The number of rotatable bonds is 1. The summed E-state index contributed by atoms with van der Waals surface area (Å²) in [5, 5.41) is 1.37. The van der Waals surface area contributed by atoms with E-state index >= 15 is 0 Å². The summed E-state index contributed by atoms with van der Waals surface area (Å²) in [6, 6.07) is 4.47. The summed E-state index contributed by atoms with van der Waals surface area (Å²) < 4.78 is 0. The van der Waals surface area contributed by atoms with Gasteiger partial charge in [0.25, 0.3) is 0 Å². The zero-order valence-electron chi connectivity index (χ0n) is 6.77. The van der Waals surface area contributed by atoms with Gasteiger partial charge < -0.3 is 4.98 Å². The van der Waals surface area contributed by atoms with E-state index in [0.29, 0.717) is 0 Å². The Morgan fingerprint density at radius 3 is 2.91 bits per heavy atom. The van der Waals surface area contributed by atoms with E-state index in [1.807, 2.05) is 11.3 Å². The molecule has 0 amide bonds. The van der Waals surface area contributed by atoms with Crippen LogP contribution in [0.4, 0.5) is 0 Å². The molecule has 0 aliphatic rings. The predicted molar refractivity (Wildman–Crippen MR) is 50.3 cm³/mol. The molecular formula is C9H11NS. The van der Waals surface area contributed by atoms with Gasteiger partial charge in [0.05, 0.1) is 0 Å². The summed E-state index contributed by atoms with van der Waals surface area (Å²) in [6.45, 7) is 4.29. The van der Waals surface area contributed by atoms with Crippen LogP contribution in [0.1, 0.15) is 17.5 Å². The van der Waals surface area contributed by atoms with Crippen LogP contribution in [-0.4, -0.2) is 4.98 Å². The van der Waals surface area contributed by atoms with Crippen molar-refractivity contribution in [2.24, 2.45) is 0 Å². The van der Waals surface area contributed by atoms with Crippen molar-refractivity contribution < 1.29 is 0 Å². The average molecular weight is 165 g/mol. The lowest BCUT2D eigenvalue weighted by molar-refractivity contribution is 1.19. The van der Waals surface area contributed by atoms with Gasteiger partial charge in [0.1, 0.15) is 4.83 Å².